The largest absolute Gasteiger partial charge is 0.512 e. The standard InChI is InChI=1S/C28H24NO.C5H8O2.Ir/c1-16(2)13-17-11-12-22-18(14-17)15-21-27(29-22)19-7-5-9-23-25(19)26-20(28(21,3)4)8-6-10-24(26)30-23;1-4(6)3-5(2)7;/h5-6,8-12,14-16H,13H2,1-4H3;3,6H,1-2H3;/q-1;;/b;4-3-;. The van der Waals surface area contributed by atoms with Crippen molar-refractivity contribution in [1.29, 1.82) is 0 Å². The summed E-state index contributed by atoms with van der Waals surface area (Å²) in [4.78, 5) is 15.2. The number of nitrogens with zero attached hydrogens (tertiary/aromatic N) is 1. The minimum atomic E-state index is -0.201. The van der Waals surface area contributed by atoms with Gasteiger partial charge in [0.05, 0.1) is 16.9 Å². The second kappa shape index (κ2) is 10.5. The van der Waals surface area contributed by atoms with Crippen molar-refractivity contribution >= 4 is 38.6 Å². The van der Waals surface area contributed by atoms with E-state index in [-0.39, 0.29) is 37.1 Å². The molecule has 4 nitrogen and oxygen atoms in total. The molecule has 197 valence electrons. The number of aromatic nitrogens is 1. The van der Waals surface area contributed by atoms with E-state index < -0.39 is 0 Å². The van der Waals surface area contributed by atoms with Crippen LogP contribution in [0.2, 0.25) is 0 Å². The van der Waals surface area contributed by atoms with Crippen LogP contribution >= 0.6 is 0 Å². The third kappa shape index (κ3) is 4.93. The van der Waals surface area contributed by atoms with Crippen LogP contribution < -0.4 is 0 Å². The predicted octanol–water partition coefficient (Wildman–Crippen LogP) is 8.47. The third-order valence-corrected chi connectivity index (χ3v) is 6.97. The average molecular weight is 683 g/mol. The zero-order valence-corrected chi connectivity index (χ0v) is 25.0. The Balaban J connectivity index is 0.000000375. The quantitative estimate of drug-likeness (QED) is 0.118. The normalized spacial score (nSPS) is 13.7. The fourth-order valence-electron chi connectivity index (χ4n) is 5.44. The van der Waals surface area contributed by atoms with E-state index >= 15 is 0 Å². The van der Waals surface area contributed by atoms with E-state index in [0.29, 0.717) is 5.92 Å². The molecule has 0 saturated heterocycles. The molecule has 1 radical (unpaired) electrons. The summed E-state index contributed by atoms with van der Waals surface area (Å²) in [5.74, 6) is 0.572. The van der Waals surface area contributed by atoms with Crippen LogP contribution in [0.3, 0.4) is 0 Å². The van der Waals surface area contributed by atoms with Crippen molar-refractivity contribution in [2.75, 3.05) is 0 Å². The fourth-order valence-corrected chi connectivity index (χ4v) is 5.44. The first-order valence-electron chi connectivity index (χ1n) is 12.7. The van der Waals surface area contributed by atoms with Gasteiger partial charge < -0.3 is 9.52 Å². The number of hydrogen-bond donors (Lipinski definition) is 1. The molecule has 0 spiro atoms. The van der Waals surface area contributed by atoms with Crippen molar-refractivity contribution in [2.45, 2.75) is 53.4 Å². The van der Waals surface area contributed by atoms with Gasteiger partial charge in [0.1, 0.15) is 5.58 Å². The summed E-state index contributed by atoms with van der Waals surface area (Å²) in [6, 6.07) is 22.9. The molecular weight excluding hydrogens is 651 g/mol. The number of hydrogen-bond acceptors (Lipinski definition) is 4. The van der Waals surface area contributed by atoms with Gasteiger partial charge in [0.25, 0.3) is 0 Å². The maximum atomic E-state index is 10.0. The maximum absolute atomic E-state index is 10.0. The van der Waals surface area contributed by atoms with Gasteiger partial charge in [0.15, 0.2) is 5.78 Å². The van der Waals surface area contributed by atoms with Crippen molar-refractivity contribution in [3.8, 4) is 11.3 Å². The second-order valence-corrected chi connectivity index (χ2v) is 10.9. The third-order valence-electron chi connectivity index (χ3n) is 6.97. The number of pyridine rings is 1. The summed E-state index contributed by atoms with van der Waals surface area (Å²) in [7, 11) is 0. The maximum Gasteiger partial charge on any atom is 0.155 e. The van der Waals surface area contributed by atoms with Crippen LogP contribution in [-0.4, -0.2) is 15.9 Å². The Hall–Kier alpha value is -3.27. The molecule has 1 N–H and O–H groups in total. The van der Waals surface area contributed by atoms with Crippen LogP contribution in [0.15, 0.2) is 70.8 Å². The van der Waals surface area contributed by atoms with E-state index in [1.54, 1.807) is 0 Å². The molecule has 0 aliphatic heterocycles. The molecular formula is C33H32IrNO3-. The minimum absolute atomic E-state index is 0. The van der Waals surface area contributed by atoms with Crippen LogP contribution in [0.5, 0.6) is 0 Å². The number of allylic oxidation sites excluding steroid dienone is 2. The molecule has 2 heterocycles. The van der Waals surface area contributed by atoms with Crippen LogP contribution in [0.25, 0.3) is 44.1 Å². The van der Waals surface area contributed by atoms with Crippen molar-refractivity contribution in [3.05, 3.63) is 89.2 Å². The molecule has 5 heteroatoms. The van der Waals surface area contributed by atoms with Crippen molar-refractivity contribution in [1.82, 2.24) is 4.98 Å². The van der Waals surface area contributed by atoms with Gasteiger partial charge in [-0.1, -0.05) is 69.0 Å². The number of carbonyl (C=O) groups excluding carboxylic acids is 1. The topological polar surface area (TPSA) is 63.3 Å². The van der Waals surface area contributed by atoms with Crippen LogP contribution in [-0.2, 0) is 36.7 Å². The van der Waals surface area contributed by atoms with E-state index in [2.05, 4.69) is 76.2 Å². The molecule has 0 atom stereocenters. The van der Waals surface area contributed by atoms with Gasteiger partial charge in [0.2, 0.25) is 0 Å². The molecule has 1 aliphatic carbocycles. The summed E-state index contributed by atoms with van der Waals surface area (Å²) in [6.07, 6.45) is 2.25. The number of furan rings is 1. The van der Waals surface area contributed by atoms with Crippen molar-refractivity contribution < 1.29 is 34.4 Å². The summed E-state index contributed by atoms with van der Waals surface area (Å²) in [6.45, 7) is 12.0. The molecule has 38 heavy (non-hydrogen) atoms. The van der Waals surface area contributed by atoms with Gasteiger partial charge in [-0.2, -0.15) is 0 Å². The van der Waals surface area contributed by atoms with Crippen molar-refractivity contribution in [2.24, 2.45) is 5.92 Å². The number of ketones is 1. The van der Waals surface area contributed by atoms with Gasteiger partial charge in [-0.3, -0.25) is 9.78 Å². The number of aliphatic hydroxyl groups excluding tert-OH is 1. The van der Waals surface area contributed by atoms with Crippen LogP contribution in [0.4, 0.5) is 0 Å². The first kappa shape index (κ1) is 27.8. The molecule has 0 fully saturated rings. The van der Waals surface area contributed by atoms with Gasteiger partial charge >= 0.3 is 0 Å². The van der Waals surface area contributed by atoms with Crippen LogP contribution in [0.1, 0.15) is 58.2 Å². The van der Waals surface area contributed by atoms with E-state index in [4.69, 9.17) is 14.5 Å². The summed E-state index contributed by atoms with van der Waals surface area (Å²) in [5, 5.41) is 11.9. The summed E-state index contributed by atoms with van der Waals surface area (Å²) >= 11 is 0. The Morgan fingerprint density at radius 3 is 2.45 bits per heavy atom. The molecule has 5 aromatic rings. The molecule has 0 unspecified atom stereocenters. The van der Waals surface area contributed by atoms with Gasteiger partial charge in [-0.25, -0.2) is 0 Å². The monoisotopic (exact) mass is 683 g/mol. The first-order valence-corrected chi connectivity index (χ1v) is 12.7. The molecule has 3 aromatic carbocycles. The Labute approximate surface area is 237 Å². The molecule has 2 aromatic heterocycles. The van der Waals surface area contributed by atoms with E-state index in [1.807, 2.05) is 12.1 Å². The number of benzene rings is 3. The molecule has 0 amide bonds. The minimum Gasteiger partial charge on any atom is -0.512 e. The number of rotatable bonds is 3. The van der Waals surface area contributed by atoms with E-state index in [0.717, 1.165) is 39.7 Å². The molecule has 1 aliphatic rings. The summed E-state index contributed by atoms with van der Waals surface area (Å²) in [5.41, 5.74) is 8.67. The molecule has 6 rings (SSSR count). The van der Waals surface area contributed by atoms with Gasteiger partial charge in [-0.05, 0) is 72.0 Å². The zero-order valence-electron chi connectivity index (χ0n) is 22.6. The zero-order chi connectivity index (χ0) is 26.5. The number of carbonyl (C=O) groups is 1. The van der Waals surface area contributed by atoms with Crippen molar-refractivity contribution in [3.63, 3.8) is 0 Å². The van der Waals surface area contributed by atoms with Crippen LogP contribution in [0, 0.1) is 12.0 Å². The molecule has 0 saturated carbocycles. The second-order valence-electron chi connectivity index (χ2n) is 10.9. The Kier molecular flexibility index (Phi) is 7.65. The molecule has 0 bridgehead atoms. The average Bonchev–Trinajstić information content (AvgIpc) is 3.17. The van der Waals surface area contributed by atoms with Gasteiger partial charge in [-0.15, -0.1) is 17.7 Å². The number of aliphatic hydroxyl groups is 1. The first-order chi connectivity index (χ1) is 17.6. The number of fused-ring (bicyclic) bond motifs is 3. The smallest absolute Gasteiger partial charge is 0.155 e. The fraction of sp³-hybridized carbons (Fsp3) is 0.273. The Morgan fingerprint density at radius 1 is 1.05 bits per heavy atom. The Bertz CT molecular complexity index is 1700. The van der Waals surface area contributed by atoms with E-state index in [9.17, 15) is 4.79 Å². The van der Waals surface area contributed by atoms with Gasteiger partial charge in [0, 0.05) is 31.6 Å². The van der Waals surface area contributed by atoms with E-state index in [1.165, 1.54) is 47.4 Å². The predicted molar refractivity (Wildman–Crippen MR) is 151 cm³/mol. The Morgan fingerprint density at radius 2 is 1.79 bits per heavy atom. The SMILES string of the molecule is CC(=O)/C=C(/C)O.CC(C)Cc1ccc2nc3c(cc2c1)C(C)(C)c1cccc2oc4cc[c-]c-3c4c12.[Ir]. The summed E-state index contributed by atoms with van der Waals surface area (Å²) < 4.78 is 6.21.